The first kappa shape index (κ1) is 13.6. The van der Waals surface area contributed by atoms with Gasteiger partial charge in [-0.05, 0) is 24.7 Å². The lowest BCUT2D eigenvalue weighted by molar-refractivity contribution is 0.217. The fourth-order valence-electron chi connectivity index (χ4n) is 1.89. The van der Waals surface area contributed by atoms with Crippen molar-refractivity contribution in [2.45, 2.75) is 13.0 Å². The summed E-state index contributed by atoms with van der Waals surface area (Å²) in [7, 11) is 1.98. The van der Waals surface area contributed by atoms with Gasteiger partial charge in [0.05, 0.1) is 19.8 Å². The van der Waals surface area contributed by atoms with Crippen LogP contribution >= 0.6 is 15.9 Å². The Labute approximate surface area is 116 Å². The monoisotopic (exact) mass is 315 g/mol. The van der Waals surface area contributed by atoms with Crippen molar-refractivity contribution in [2.75, 3.05) is 33.4 Å². The maximum absolute atomic E-state index is 8.92. The van der Waals surface area contributed by atoms with E-state index in [1.165, 1.54) is 0 Å². The maximum Gasteiger partial charge on any atom is 0.162 e. The van der Waals surface area contributed by atoms with E-state index in [1.807, 2.05) is 19.2 Å². The number of ether oxygens (including phenoxy) is 2. The SMILES string of the molecule is CN(CCO)Cc1cc2c(cc1Br)OCCCO2. The number of nitrogens with zero attached hydrogens (tertiary/aromatic N) is 1. The molecule has 0 atom stereocenters. The van der Waals surface area contributed by atoms with Crippen LogP contribution in [0.25, 0.3) is 0 Å². The zero-order valence-electron chi connectivity index (χ0n) is 10.5. The minimum atomic E-state index is 0.165. The van der Waals surface area contributed by atoms with Gasteiger partial charge in [0.2, 0.25) is 0 Å². The highest BCUT2D eigenvalue weighted by Crippen LogP contribution is 2.35. The van der Waals surface area contributed by atoms with E-state index < -0.39 is 0 Å². The van der Waals surface area contributed by atoms with Crippen LogP contribution in [-0.2, 0) is 6.54 Å². The molecule has 1 heterocycles. The molecule has 0 fully saturated rings. The van der Waals surface area contributed by atoms with Gasteiger partial charge >= 0.3 is 0 Å². The Balaban J connectivity index is 2.18. The number of likely N-dealkylation sites (N-methyl/N-ethyl adjacent to an activating group) is 1. The second kappa shape index (κ2) is 6.41. The van der Waals surface area contributed by atoms with Crippen molar-refractivity contribution in [1.29, 1.82) is 0 Å². The number of hydrogen-bond acceptors (Lipinski definition) is 4. The van der Waals surface area contributed by atoms with Crippen LogP contribution in [0.4, 0.5) is 0 Å². The Morgan fingerprint density at radius 2 is 1.94 bits per heavy atom. The molecule has 4 nitrogen and oxygen atoms in total. The lowest BCUT2D eigenvalue weighted by atomic mass is 10.2. The molecule has 0 spiro atoms. The molecule has 0 aromatic heterocycles. The van der Waals surface area contributed by atoms with E-state index >= 15 is 0 Å². The fraction of sp³-hybridized carbons (Fsp3) is 0.538. The Hall–Kier alpha value is -0.780. The zero-order valence-corrected chi connectivity index (χ0v) is 12.1. The summed E-state index contributed by atoms with van der Waals surface area (Å²) in [5, 5.41) is 8.92. The number of fused-ring (bicyclic) bond motifs is 1. The molecule has 18 heavy (non-hydrogen) atoms. The molecule has 2 rings (SSSR count). The molecule has 0 unspecified atom stereocenters. The predicted molar refractivity (Wildman–Crippen MR) is 73.2 cm³/mol. The van der Waals surface area contributed by atoms with Gasteiger partial charge in [-0.15, -0.1) is 0 Å². The molecule has 1 aromatic rings. The Bertz CT molecular complexity index is 411. The quantitative estimate of drug-likeness (QED) is 0.923. The molecule has 1 aliphatic heterocycles. The third-order valence-electron chi connectivity index (χ3n) is 2.84. The van der Waals surface area contributed by atoms with Crippen molar-refractivity contribution >= 4 is 15.9 Å². The molecular formula is C13H18BrNO3. The topological polar surface area (TPSA) is 41.9 Å². The lowest BCUT2D eigenvalue weighted by Gasteiger charge is -2.17. The first-order valence-corrected chi connectivity index (χ1v) is 6.87. The van der Waals surface area contributed by atoms with Crippen LogP contribution < -0.4 is 9.47 Å². The normalized spacial score (nSPS) is 14.7. The van der Waals surface area contributed by atoms with Crippen LogP contribution in [0.1, 0.15) is 12.0 Å². The average Bonchev–Trinajstić information content (AvgIpc) is 2.55. The first-order valence-electron chi connectivity index (χ1n) is 6.08. The summed E-state index contributed by atoms with van der Waals surface area (Å²) in [6, 6.07) is 3.97. The third-order valence-corrected chi connectivity index (χ3v) is 3.58. The van der Waals surface area contributed by atoms with Crippen molar-refractivity contribution in [3.05, 3.63) is 22.2 Å². The Morgan fingerprint density at radius 1 is 1.28 bits per heavy atom. The van der Waals surface area contributed by atoms with E-state index in [4.69, 9.17) is 14.6 Å². The van der Waals surface area contributed by atoms with Gasteiger partial charge < -0.3 is 14.6 Å². The van der Waals surface area contributed by atoms with Gasteiger partial charge in [0.1, 0.15) is 0 Å². The van der Waals surface area contributed by atoms with E-state index in [1.54, 1.807) is 0 Å². The molecule has 5 heteroatoms. The molecular weight excluding hydrogens is 298 g/mol. The highest BCUT2D eigenvalue weighted by molar-refractivity contribution is 9.10. The molecule has 0 bridgehead atoms. The molecule has 0 saturated heterocycles. The Morgan fingerprint density at radius 3 is 2.61 bits per heavy atom. The summed E-state index contributed by atoms with van der Waals surface area (Å²) >= 11 is 3.56. The van der Waals surface area contributed by atoms with Crippen molar-refractivity contribution in [3.8, 4) is 11.5 Å². The second-order valence-electron chi connectivity index (χ2n) is 4.40. The summed E-state index contributed by atoms with van der Waals surface area (Å²) < 4.78 is 12.3. The van der Waals surface area contributed by atoms with Crippen LogP contribution in [-0.4, -0.2) is 43.4 Å². The smallest absolute Gasteiger partial charge is 0.162 e. The van der Waals surface area contributed by atoms with Crippen molar-refractivity contribution in [1.82, 2.24) is 4.90 Å². The van der Waals surface area contributed by atoms with Gasteiger partial charge in [-0.1, -0.05) is 15.9 Å². The van der Waals surface area contributed by atoms with Crippen molar-refractivity contribution in [3.63, 3.8) is 0 Å². The molecule has 0 amide bonds. The van der Waals surface area contributed by atoms with Gasteiger partial charge in [-0.2, -0.15) is 0 Å². The van der Waals surface area contributed by atoms with Gasteiger partial charge in [-0.3, -0.25) is 4.90 Å². The molecule has 0 saturated carbocycles. The second-order valence-corrected chi connectivity index (χ2v) is 5.26. The molecule has 0 aliphatic carbocycles. The summed E-state index contributed by atoms with van der Waals surface area (Å²) in [6.07, 6.45) is 0.909. The predicted octanol–water partition coefficient (Wildman–Crippen LogP) is 2.03. The number of rotatable bonds is 4. The molecule has 1 aromatic carbocycles. The minimum absolute atomic E-state index is 0.165. The third kappa shape index (κ3) is 3.37. The zero-order chi connectivity index (χ0) is 13.0. The standard InChI is InChI=1S/C13H18BrNO3/c1-15(3-4-16)9-10-7-12-13(8-11(10)14)18-6-2-5-17-12/h7-8,16H,2-6,9H2,1H3. The molecule has 100 valence electrons. The van der Waals surface area contributed by atoms with E-state index in [0.29, 0.717) is 19.8 Å². The summed E-state index contributed by atoms with van der Waals surface area (Å²) in [4.78, 5) is 2.06. The number of aliphatic hydroxyl groups is 1. The van der Waals surface area contributed by atoms with E-state index in [-0.39, 0.29) is 6.61 Å². The number of hydrogen-bond donors (Lipinski definition) is 1. The van der Waals surface area contributed by atoms with Crippen molar-refractivity contribution < 1.29 is 14.6 Å². The van der Waals surface area contributed by atoms with Crippen LogP contribution in [0.3, 0.4) is 0 Å². The first-order chi connectivity index (χ1) is 8.70. The number of benzene rings is 1. The van der Waals surface area contributed by atoms with Crippen LogP contribution in [0.15, 0.2) is 16.6 Å². The van der Waals surface area contributed by atoms with Crippen molar-refractivity contribution in [2.24, 2.45) is 0 Å². The summed E-state index contributed by atoms with van der Waals surface area (Å²) in [6.45, 7) is 2.97. The maximum atomic E-state index is 8.92. The van der Waals surface area contributed by atoms with E-state index in [2.05, 4.69) is 20.8 Å². The lowest BCUT2D eigenvalue weighted by Crippen LogP contribution is -2.21. The van der Waals surface area contributed by atoms with Gasteiger partial charge in [0.25, 0.3) is 0 Å². The van der Waals surface area contributed by atoms with Crippen LogP contribution in [0, 0.1) is 0 Å². The fourth-order valence-corrected chi connectivity index (χ4v) is 2.34. The highest BCUT2D eigenvalue weighted by atomic mass is 79.9. The summed E-state index contributed by atoms with van der Waals surface area (Å²) in [5.74, 6) is 1.61. The van der Waals surface area contributed by atoms with Crippen LogP contribution in [0.5, 0.6) is 11.5 Å². The van der Waals surface area contributed by atoms with E-state index in [9.17, 15) is 0 Å². The largest absolute Gasteiger partial charge is 0.490 e. The minimum Gasteiger partial charge on any atom is -0.490 e. The van der Waals surface area contributed by atoms with E-state index in [0.717, 1.165) is 34.5 Å². The number of halogens is 1. The van der Waals surface area contributed by atoms with Crippen LogP contribution in [0.2, 0.25) is 0 Å². The Kier molecular flexibility index (Phi) is 4.86. The average molecular weight is 316 g/mol. The number of aliphatic hydroxyl groups excluding tert-OH is 1. The highest BCUT2D eigenvalue weighted by Gasteiger charge is 2.14. The van der Waals surface area contributed by atoms with Gasteiger partial charge in [0.15, 0.2) is 11.5 Å². The van der Waals surface area contributed by atoms with Gasteiger partial charge in [-0.25, -0.2) is 0 Å². The molecule has 0 radical (unpaired) electrons. The van der Waals surface area contributed by atoms with Gasteiger partial charge in [0, 0.05) is 24.0 Å². The summed E-state index contributed by atoms with van der Waals surface area (Å²) in [5.41, 5.74) is 1.13. The molecule has 1 aliphatic rings. The molecule has 1 N–H and O–H groups in total.